The van der Waals surface area contributed by atoms with Crippen LogP contribution in [0.1, 0.15) is 55.7 Å². The number of benzene rings is 2. The van der Waals surface area contributed by atoms with Crippen LogP contribution in [0.3, 0.4) is 0 Å². The Morgan fingerprint density at radius 2 is 1.50 bits per heavy atom. The Labute approximate surface area is 169 Å². The summed E-state index contributed by atoms with van der Waals surface area (Å²) >= 11 is 0. The molecule has 4 rings (SSSR count). The fourth-order valence-corrected chi connectivity index (χ4v) is 5.18. The van der Waals surface area contributed by atoms with Crippen molar-refractivity contribution in [2.24, 2.45) is 0 Å². The third kappa shape index (κ3) is 3.73. The summed E-state index contributed by atoms with van der Waals surface area (Å²) in [6, 6.07) is 21.2. The Bertz CT molecular complexity index is 762. The number of hydrogen-bond donors (Lipinski definition) is 0. The van der Waals surface area contributed by atoms with Crippen LogP contribution in [0.2, 0.25) is 0 Å². The number of carbonyl (C=O) groups is 1. The molecule has 1 unspecified atom stereocenters. The van der Waals surface area contributed by atoms with Crippen molar-refractivity contribution in [1.29, 1.82) is 0 Å². The lowest BCUT2D eigenvalue weighted by Gasteiger charge is -2.38. The normalized spacial score (nSPS) is 20.2. The minimum Gasteiger partial charge on any atom is -0.337 e. The molecule has 3 nitrogen and oxygen atoms in total. The minimum absolute atomic E-state index is 0.105. The molecule has 1 heterocycles. The third-order valence-electron chi connectivity index (χ3n) is 6.79. The highest BCUT2D eigenvalue weighted by molar-refractivity contribution is 5.89. The van der Waals surface area contributed by atoms with E-state index in [4.69, 9.17) is 0 Å². The number of amides is 1. The van der Waals surface area contributed by atoms with Crippen molar-refractivity contribution in [3.8, 4) is 0 Å². The van der Waals surface area contributed by atoms with Gasteiger partial charge in [0.15, 0.2) is 0 Å². The molecule has 0 bridgehead atoms. The van der Waals surface area contributed by atoms with Gasteiger partial charge in [-0.3, -0.25) is 4.79 Å². The van der Waals surface area contributed by atoms with Crippen LogP contribution in [0.5, 0.6) is 0 Å². The van der Waals surface area contributed by atoms with E-state index >= 15 is 0 Å². The number of carbonyl (C=O) groups excluding carboxylic acids is 1. The Morgan fingerprint density at radius 1 is 0.929 bits per heavy atom. The lowest BCUT2D eigenvalue weighted by Crippen LogP contribution is -2.47. The van der Waals surface area contributed by atoms with Crippen molar-refractivity contribution in [3.05, 3.63) is 71.8 Å². The van der Waals surface area contributed by atoms with Crippen LogP contribution < -0.4 is 0 Å². The lowest BCUT2D eigenvalue weighted by molar-refractivity contribution is -0.138. The molecular weight excluding hydrogens is 344 g/mol. The van der Waals surface area contributed by atoms with Gasteiger partial charge in [-0.1, -0.05) is 73.5 Å². The highest BCUT2D eigenvalue weighted by Crippen LogP contribution is 2.43. The zero-order chi connectivity index (χ0) is 19.4. The van der Waals surface area contributed by atoms with Crippen molar-refractivity contribution in [3.63, 3.8) is 0 Å². The van der Waals surface area contributed by atoms with Crippen LogP contribution >= 0.6 is 0 Å². The number of hydrogen-bond acceptors (Lipinski definition) is 2. The molecule has 1 saturated carbocycles. The Kier molecular flexibility index (Phi) is 5.82. The molecule has 2 fully saturated rings. The molecule has 0 radical (unpaired) electrons. The van der Waals surface area contributed by atoms with Gasteiger partial charge < -0.3 is 9.80 Å². The van der Waals surface area contributed by atoms with Gasteiger partial charge >= 0.3 is 0 Å². The highest BCUT2D eigenvalue weighted by atomic mass is 16.2. The second kappa shape index (κ2) is 8.48. The van der Waals surface area contributed by atoms with Crippen molar-refractivity contribution in [2.75, 3.05) is 26.7 Å². The number of likely N-dealkylation sites (tertiary alicyclic amines) is 1. The van der Waals surface area contributed by atoms with E-state index < -0.39 is 0 Å². The first kappa shape index (κ1) is 19.2. The van der Waals surface area contributed by atoms with Gasteiger partial charge in [0.05, 0.1) is 11.5 Å². The summed E-state index contributed by atoms with van der Waals surface area (Å²) in [5.74, 6) is 0.296. The van der Waals surface area contributed by atoms with Gasteiger partial charge in [-0.05, 0) is 49.9 Å². The standard InChI is InChI=1S/C25H32N2O/c1-26(23(20-27-18-10-11-19-27)21-12-4-2-5-13-21)24(28)25(16-8-9-17-25)22-14-6-3-7-15-22/h2-7,12-15,23H,8-11,16-20H2,1H3. The van der Waals surface area contributed by atoms with Crippen LogP contribution in [0, 0.1) is 0 Å². The smallest absolute Gasteiger partial charge is 0.233 e. The average molecular weight is 377 g/mol. The van der Waals surface area contributed by atoms with E-state index in [2.05, 4.69) is 64.4 Å². The molecule has 2 aromatic rings. The SMILES string of the molecule is CN(C(=O)C1(c2ccccc2)CCCC1)C(CN1CCCC1)c1ccccc1. The summed E-state index contributed by atoms with van der Waals surface area (Å²) in [5.41, 5.74) is 2.08. The van der Waals surface area contributed by atoms with Crippen LogP contribution in [0.25, 0.3) is 0 Å². The maximum absolute atomic E-state index is 14.0. The van der Waals surface area contributed by atoms with Crippen LogP contribution in [-0.2, 0) is 10.2 Å². The van der Waals surface area contributed by atoms with E-state index in [1.54, 1.807) is 0 Å². The topological polar surface area (TPSA) is 23.6 Å². The second-order valence-electron chi connectivity index (χ2n) is 8.51. The Morgan fingerprint density at radius 3 is 2.11 bits per heavy atom. The summed E-state index contributed by atoms with van der Waals surface area (Å²) in [4.78, 5) is 18.5. The molecule has 0 N–H and O–H groups in total. The van der Waals surface area contributed by atoms with Crippen LogP contribution in [0.4, 0.5) is 0 Å². The number of likely N-dealkylation sites (N-methyl/N-ethyl adjacent to an activating group) is 1. The Hall–Kier alpha value is -2.13. The van der Waals surface area contributed by atoms with E-state index in [1.165, 1.54) is 24.0 Å². The fourth-order valence-electron chi connectivity index (χ4n) is 5.18. The van der Waals surface area contributed by atoms with E-state index in [0.29, 0.717) is 5.91 Å². The van der Waals surface area contributed by atoms with E-state index in [-0.39, 0.29) is 11.5 Å². The first-order valence-electron chi connectivity index (χ1n) is 10.8. The second-order valence-corrected chi connectivity index (χ2v) is 8.51. The Balaban J connectivity index is 1.64. The molecule has 1 atom stereocenters. The molecule has 0 aromatic heterocycles. The maximum Gasteiger partial charge on any atom is 0.233 e. The molecule has 0 spiro atoms. The van der Waals surface area contributed by atoms with Gasteiger partial charge in [-0.15, -0.1) is 0 Å². The molecule has 28 heavy (non-hydrogen) atoms. The molecule has 148 valence electrons. The highest BCUT2D eigenvalue weighted by Gasteiger charge is 2.45. The van der Waals surface area contributed by atoms with Crippen molar-refractivity contribution >= 4 is 5.91 Å². The van der Waals surface area contributed by atoms with E-state index in [1.807, 2.05) is 13.1 Å². The van der Waals surface area contributed by atoms with Crippen LogP contribution in [-0.4, -0.2) is 42.4 Å². The first-order chi connectivity index (χ1) is 13.7. The molecular formula is C25H32N2O. The summed E-state index contributed by atoms with van der Waals surface area (Å²) < 4.78 is 0. The summed E-state index contributed by atoms with van der Waals surface area (Å²) in [7, 11) is 2.03. The van der Waals surface area contributed by atoms with Crippen molar-refractivity contribution < 1.29 is 4.79 Å². The van der Waals surface area contributed by atoms with E-state index in [0.717, 1.165) is 45.3 Å². The van der Waals surface area contributed by atoms with E-state index in [9.17, 15) is 4.79 Å². The summed E-state index contributed by atoms with van der Waals surface area (Å²) in [6.07, 6.45) is 6.74. The molecule has 1 saturated heterocycles. The van der Waals surface area contributed by atoms with Crippen molar-refractivity contribution in [2.45, 2.75) is 50.0 Å². The average Bonchev–Trinajstić information content (AvgIpc) is 3.45. The van der Waals surface area contributed by atoms with Gasteiger partial charge in [0, 0.05) is 13.6 Å². The van der Waals surface area contributed by atoms with Gasteiger partial charge in [0.2, 0.25) is 5.91 Å². The quantitative estimate of drug-likeness (QED) is 0.723. The zero-order valence-corrected chi connectivity index (χ0v) is 17.0. The molecule has 2 aliphatic rings. The summed E-state index contributed by atoms with van der Waals surface area (Å²) in [5, 5.41) is 0. The van der Waals surface area contributed by atoms with Crippen LogP contribution in [0.15, 0.2) is 60.7 Å². The predicted octanol–water partition coefficient (Wildman–Crippen LogP) is 4.79. The van der Waals surface area contributed by atoms with Gasteiger partial charge in [0.1, 0.15) is 0 Å². The van der Waals surface area contributed by atoms with Gasteiger partial charge in [-0.2, -0.15) is 0 Å². The lowest BCUT2D eigenvalue weighted by atomic mass is 9.77. The monoisotopic (exact) mass is 376 g/mol. The molecule has 1 aliphatic heterocycles. The fraction of sp³-hybridized carbons (Fsp3) is 0.480. The third-order valence-corrected chi connectivity index (χ3v) is 6.79. The zero-order valence-electron chi connectivity index (χ0n) is 17.0. The molecule has 3 heteroatoms. The number of rotatable bonds is 6. The van der Waals surface area contributed by atoms with Crippen molar-refractivity contribution in [1.82, 2.24) is 9.80 Å². The largest absolute Gasteiger partial charge is 0.337 e. The predicted molar refractivity (Wildman–Crippen MR) is 114 cm³/mol. The number of nitrogens with zero attached hydrogens (tertiary/aromatic N) is 2. The summed E-state index contributed by atoms with van der Waals surface area (Å²) in [6.45, 7) is 3.22. The molecule has 1 aliphatic carbocycles. The first-order valence-corrected chi connectivity index (χ1v) is 10.8. The maximum atomic E-state index is 14.0. The van der Waals surface area contributed by atoms with Gasteiger partial charge in [-0.25, -0.2) is 0 Å². The molecule has 1 amide bonds. The molecule has 2 aromatic carbocycles. The minimum atomic E-state index is -0.353. The van der Waals surface area contributed by atoms with Gasteiger partial charge in [0.25, 0.3) is 0 Å².